The molecule has 1 amide bonds. The monoisotopic (exact) mass is 474 g/mol. The number of carbonyl (C=O) groups is 1. The van der Waals surface area contributed by atoms with Crippen LogP contribution in [0.5, 0.6) is 5.75 Å². The highest BCUT2D eigenvalue weighted by atomic mass is 32.2. The predicted octanol–water partition coefficient (Wildman–Crippen LogP) is 2.79. The summed E-state index contributed by atoms with van der Waals surface area (Å²) >= 11 is 5.30. The van der Waals surface area contributed by atoms with E-state index in [-0.39, 0.29) is 10.5 Å². The van der Waals surface area contributed by atoms with Crippen molar-refractivity contribution in [2.24, 2.45) is 11.8 Å². The second-order valence-corrected chi connectivity index (χ2v) is 10.3. The summed E-state index contributed by atoms with van der Waals surface area (Å²) in [6.45, 7) is 0. The Morgan fingerprint density at radius 1 is 1.06 bits per heavy atom. The van der Waals surface area contributed by atoms with Gasteiger partial charge < -0.3 is 10.1 Å². The molecule has 10 heteroatoms. The van der Waals surface area contributed by atoms with E-state index >= 15 is 0 Å². The van der Waals surface area contributed by atoms with Crippen LogP contribution in [0.25, 0.3) is 0 Å². The number of rotatable bonds is 6. The van der Waals surface area contributed by atoms with Gasteiger partial charge in [0.05, 0.1) is 12.0 Å². The molecule has 8 nitrogen and oxygen atoms in total. The molecular formula is C22H26N4O4S2. The van der Waals surface area contributed by atoms with Crippen molar-refractivity contribution in [2.75, 3.05) is 11.8 Å². The van der Waals surface area contributed by atoms with Gasteiger partial charge in [0.1, 0.15) is 5.75 Å². The Kier molecular flexibility index (Phi) is 6.52. The van der Waals surface area contributed by atoms with Crippen molar-refractivity contribution >= 4 is 38.9 Å². The molecule has 0 aromatic heterocycles. The summed E-state index contributed by atoms with van der Waals surface area (Å²) in [5.74, 6) is 1.57. The Morgan fingerprint density at radius 2 is 1.84 bits per heavy atom. The topological polar surface area (TPSA) is 109 Å². The zero-order valence-corrected chi connectivity index (χ0v) is 19.3. The van der Waals surface area contributed by atoms with Gasteiger partial charge in [0, 0.05) is 17.3 Å². The first kappa shape index (κ1) is 22.3. The number of anilines is 1. The number of amides is 1. The summed E-state index contributed by atoms with van der Waals surface area (Å²) < 4.78 is 33.0. The normalized spacial score (nSPS) is 21.6. The molecule has 0 spiro atoms. The van der Waals surface area contributed by atoms with Crippen LogP contribution in [0.2, 0.25) is 0 Å². The Bertz CT molecular complexity index is 1110. The Balaban J connectivity index is 1.34. The first-order valence-corrected chi connectivity index (χ1v) is 12.4. The van der Waals surface area contributed by atoms with E-state index in [9.17, 15) is 13.2 Å². The maximum absolute atomic E-state index is 12.7. The fourth-order valence-corrected chi connectivity index (χ4v) is 5.80. The fraction of sp³-hybridized carbons (Fsp3) is 0.364. The Labute approximate surface area is 193 Å². The molecule has 2 aromatic rings. The number of sulfonamides is 1. The molecule has 4 rings (SSSR count). The molecule has 2 aliphatic carbocycles. The SMILES string of the molecule is COc1ccc(NS(=O)(=O)c2cccc(C(=O)NNC(=S)N[C@H]3C[C@@H]4CC[C@H]3C4)c2)cc1. The number of carbonyl (C=O) groups excluding carboxylic acids is 1. The van der Waals surface area contributed by atoms with Crippen LogP contribution in [-0.4, -0.2) is 32.6 Å². The lowest BCUT2D eigenvalue weighted by atomic mass is 9.96. The van der Waals surface area contributed by atoms with E-state index in [0.717, 1.165) is 12.3 Å². The van der Waals surface area contributed by atoms with E-state index in [2.05, 4.69) is 20.9 Å². The molecule has 0 radical (unpaired) electrons. The average Bonchev–Trinajstić information content (AvgIpc) is 3.41. The highest BCUT2D eigenvalue weighted by molar-refractivity contribution is 7.92. The average molecular weight is 475 g/mol. The van der Waals surface area contributed by atoms with Crippen LogP contribution in [0, 0.1) is 11.8 Å². The van der Waals surface area contributed by atoms with Gasteiger partial charge in [-0.15, -0.1) is 0 Å². The van der Waals surface area contributed by atoms with Gasteiger partial charge in [0.2, 0.25) is 0 Å². The minimum Gasteiger partial charge on any atom is -0.497 e. The number of hydrogen-bond donors (Lipinski definition) is 4. The van der Waals surface area contributed by atoms with Crippen molar-refractivity contribution in [1.29, 1.82) is 0 Å². The van der Waals surface area contributed by atoms with Crippen LogP contribution in [0.1, 0.15) is 36.0 Å². The summed E-state index contributed by atoms with van der Waals surface area (Å²) in [5.41, 5.74) is 5.84. The van der Waals surface area contributed by atoms with Crippen LogP contribution in [-0.2, 0) is 10.0 Å². The number of thiocarbonyl (C=S) groups is 1. The Morgan fingerprint density at radius 3 is 2.50 bits per heavy atom. The molecule has 2 fully saturated rings. The minimum atomic E-state index is -3.87. The third-order valence-corrected chi connectivity index (χ3v) is 7.69. The van der Waals surface area contributed by atoms with Gasteiger partial charge in [-0.05, 0) is 85.8 Å². The molecule has 3 atom stereocenters. The van der Waals surface area contributed by atoms with Crippen molar-refractivity contribution in [3.63, 3.8) is 0 Å². The predicted molar refractivity (Wildman–Crippen MR) is 126 cm³/mol. The lowest BCUT2D eigenvalue weighted by Gasteiger charge is -2.24. The summed E-state index contributed by atoms with van der Waals surface area (Å²) in [5, 5.41) is 3.64. The Hall–Kier alpha value is -2.85. The number of ether oxygens (including phenoxy) is 1. The molecule has 2 aromatic carbocycles. The molecule has 0 saturated heterocycles. The van der Waals surface area contributed by atoms with Crippen molar-refractivity contribution < 1.29 is 17.9 Å². The molecule has 170 valence electrons. The first-order valence-electron chi connectivity index (χ1n) is 10.5. The van der Waals surface area contributed by atoms with Crippen LogP contribution < -0.4 is 25.6 Å². The molecule has 2 aliphatic rings. The standard InChI is InChI=1S/C22H26N4O4S2/c1-30-18-9-7-17(8-10-18)26-32(28,29)19-4-2-3-16(13-19)21(27)24-25-22(31)23-20-12-14-5-6-15(20)11-14/h2-4,7-10,13-15,20,26H,5-6,11-12H2,1H3,(H,24,27)(H2,23,25,31)/t14-,15+,20+/m1/s1. The van der Waals surface area contributed by atoms with Crippen LogP contribution in [0.4, 0.5) is 5.69 Å². The smallest absolute Gasteiger partial charge is 0.269 e. The summed E-state index contributed by atoms with van der Waals surface area (Å²) in [4.78, 5) is 12.5. The lowest BCUT2D eigenvalue weighted by molar-refractivity contribution is 0.0943. The van der Waals surface area contributed by atoms with Crippen molar-refractivity contribution in [3.05, 3.63) is 54.1 Å². The van der Waals surface area contributed by atoms with Gasteiger partial charge >= 0.3 is 0 Å². The molecule has 0 unspecified atom stereocenters. The zero-order chi connectivity index (χ0) is 22.7. The van der Waals surface area contributed by atoms with E-state index in [4.69, 9.17) is 17.0 Å². The van der Waals surface area contributed by atoms with Crippen molar-refractivity contribution in [3.8, 4) is 5.75 Å². The first-order chi connectivity index (χ1) is 15.3. The number of nitrogens with one attached hydrogen (secondary N) is 4. The molecule has 2 saturated carbocycles. The van der Waals surface area contributed by atoms with Gasteiger partial charge in [0.25, 0.3) is 15.9 Å². The molecular weight excluding hydrogens is 448 g/mol. The zero-order valence-electron chi connectivity index (χ0n) is 17.6. The van der Waals surface area contributed by atoms with Gasteiger partial charge in [-0.2, -0.15) is 0 Å². The van der Waals surface area contributed by atoms with Crippen LogP contribution in [0.3, 0.4) is 0 Å². The number of fused-ring (bicyclic) bond motifs is 2. The maximum Gasteiger partial charge on any atom is 0.269 e. The van der Waals surface area contributed by atoms with Crippen molar-refractivity contribution in [2.45, 2.75) is 36.6 Å². The van der Waals surface area contributed by atoms with Crippen LogP contribution >= 0.6 is 12.2 Å². The quantitative estimate of drug-likeness (QED) is 0.377. The van der Waals surface area contributed by atoms with E-state index in [1.165, 1.54) is 50.6 Å². The highest BCUT2D eigenvalue weighted by Crippen LogP contribution is 2.44. The molecule has 2 bridgehead atoms. The summed E-state index contributed by atoms with van der Waals surface area (Å²) in [6, 6.07) is 12.7. The third kappa shape index (κ3) is 5.13. The van der Waals surface area contributed by atoms with Gasteiger partial charge in [-0.25, -0.2) is 8.42 Å². The molecule has 0 aliphatic heterocycles. The second-order valence-electron chi connectivity index (χ2n) is 8.20. The van der Waals surface area contributed by atoms with Crippen LogP contribution in [0.15, 0.2) is 53.4 Å². The number of hydrazine groups is 1. The summed E-state index contributed by atoms with van der Waals surface area (Å²) in [6.07, 6.45) is 4.88. The van der Waals surface area contributed by atoms with Gasteiger partial charge in [-0.1, -0.05) is 12.5 Å². The maximum atomic E-state index is 12.7. The van der Waals surface area contributed by atoms with E-state index < -0.39 is 15.9 Å². The van der Waals surface area contributed by atoms with E-state index in [1.807, 2.05) is 0 Å². The number of methoxy groups -OCH3 is 1. The second kappa shape index (κ2) is 9.33. The summed E-state index contributed by atoms with van der Waals surface area (Å²) in [7, 11) is -2.34. The number of hydrogen-bond acceptors (Lipinski definition) is 5. The molecule has 0 heterocycles. The number of benzene rings is 2. The van der Waals surface area contributed by atoms with E-state index in [1.54, 1.807) is 24.3 Å². The third-order valence-electron chi connectivity index (χ3n) is 6.09. The molecule has 4 N–H and O–H groups in total. The fourth-order valence-electron chi connectivity index (χ4n) is 4.49. The minimum absolute atomic E-state index is 0.0244. The molecule has 32 heavy (non-hydrogen) atoms. The highest BCUT2D eigenvalue weighted by Gasteiger charge is 2.39. The van der Waals surface area contributed by atoms with E-state index in [0.29, 0.717) is 28.5 Å². The van der Waals surface area contributed by atoms with Gasteiger partial charge in [0.15, 0.2) is 5.11 Å². The van der Waals surface area contributed by atoms with Crippen molar-refractivity contribution in [1.82, 2.24) is 16.2 Å². The lowest BCUT2D eigenvalue weighted by Crippen LogP contribution is -2.50. The van der Waals surface area contributed by atoms with Gasteiger partial charge in [-0.3, -0.25) is 20.4 Å². The largest absolute Gasteiger partial charge is 0.497 e.